The average molecular weight is 370 g/mol. The number of carbonyl (C=O) groups is 2. The Morgan fingerprint density at radius 3 is 2.11 bits per heavy atom. The Balaban J connectivity index is 1.97. The Morgan fingerprint density at radius 1 is 1.04 bits per heavy atom. The van der Waals surface area contributed by atoms with Crippen LogP contribution in [-0.4, -0.2) is 27.6 Å². The van der Waals surface area contributed by atoms with Gasteiger partial charge >= 0.3 is 0 Å². The fourth-order valence-corrected chi connectivity index (χ4v) is 2.47. The molecule has 0 fully saturated rings. The van der Waals surface area contributed by atoms with Gasteiger partial charge in [0.15, 0.2) is 0 Å². The number of carbonyl (C=O) groups excluding carboxylic acids is 2. The van der Waals surface area contributed by atoms with Crippen LogP contribution in [0.3, 0.4) is 0 Å². The lowest BCUT2D eigenvalue weighted by molar-refractivity contribution is -0.117. The second-order valence-corrected chi connectivity index (χ2v) is 8.86. The summed E-state index contributed by atoms with van der Waals surface area (Å²) in [5.74, 6) is -0.563. The number of nitrogens with one attached hydrogen (secondary N) is 2. The fourth-order valence-electron chi connectivity index (χ4n) is 2.47. The quantitative estimate of drug-likeness (QED) is 0.862. The van der Waals surface area contributed by atoms with Gasteiger partial charge in [-0.25, -0.2) is 0 Å². The van der Waals surface area contributed by atoms with Crippen LogP contribution < -0.4 is 10.6 Å². The lowest BCUT2D eigenvalue weighted by Crippen LogP contribution is -2.41. The Bertz CT molecular complexity index is 808. The van der Waals surface area contributed by atoms with E-state index in [1.807, 2.05) is 32.9 Å². The van der Waals surface area contributed by atoms with Gasteiger partial charge in [0.05, 0.1) is 17.4 Å². The molecule has 0 saturated carbocycles. The first-order chi connectivity index (χ1) is 12.4. The molecule has 2 N–H and O–H groups in total. The van der Waals surface area contributed by atoms with Crippen LogP contribution in [0.4, 0.5) is 5.69 Å². The van der Waals surface area contributed by atoms with Gasteiger partial charge in [0, 0.05) is 11.8 Å². The average Bonchev–Trinajstić information content (AvgIpc) is 3.02. The Kier molecular flexibility index (Phi) is 5.78. The van der Waals surface area contributed by atoms with Gasteiger partial charge in [0.2, 0.25) is 5.91 Å². The molecule has 2 rings (SSSR count). The SMILES string of the molecule is C[C@@H](NC(=O)c1ccc(C(C)(C)C)cc1)C(=O)Nc1cnn(C(C)(C)C)c1. The van der Waals surface area contributed by atoms with Crippen molar-refractivity contribution < 1.29 is 9.59 Å². The Morgan fingerprint density at radius 2 is 1.63 bits per heavy atom. The molecular formula is C21H30N4O2. The van der Waals surface area contributed by atoms with Crippen molar-refractivity contribution in [3.05, 3.63) is 47.8 Å². The molecule has 1 atom stereocenters. The van der Waals surface area contributed by atoms with Crippen LogP contribution >= 0.6 is 0 Å². The normalized spacial score (nSPS) is 13.1. The van der Waals surface area contributed by atoms with Gasteiger partial charge in [-0.1, -0.05) is 32.9 Å². The standard InChI is InChI=1S/C21H30N4O2/c1-14(18(26)24-17-12-22-25(13-17)21(5,6)7)23-19(27)15-8-10-16(11-9-15)20(2,3)4/h8-14H,1-7H3,(H,23,27)(H,24,26)/t14-/m1/s1. The number of amides is 2. The molecule has 0 bridgehead atoms. The second-order valence-electron chi connectivity index (χ2n) is 8.86. The molecule has 2 amide bonds. The number of rotatable bonds is 4. The van der Waals surface area contributed by atoms with Crippen molar-refractivity contribution in [3.63, 3.8) is 0 Å². The minimum absolute atomic E-state index is 0.0275. The van der Waals surface area contributed by atoms with Crippen LogP contribution in [0.5, 0.6) is 0 Å². The first-order valence-electron chi connectivity index (χ1n) is 9.15. The Labute approximate surface area is 161 Å². The predicted molar refractivity (Wildman–Crippen MR) is 108 cm³/mol. The molecule has 0 spiro atoms. The molecule has 1 aromatic carbocycles. The summed E-state index contributed by atoms with van der Waals surface area (Å²) in [5.41, 5.74) is 2.15. The van der Waals surface area contributed by atoms with Gasteiger partial charge < -0.3 is 10.6 Å². The lowest BCUT2D eigenvalue weighted by atomic mass is 9.86. The summed E-state index contributed by atoms with van der Waals surface area (Å²) >= 11 is 0. The van der Waals surface area contributed by atoms with Crippen LogP contribution in [0.25, 0.3) is 0 Å². The van der Waals surface area contributed by atoms with Crippen LogP contribution in [0.15, 0.2) is 36.7 Å². The second kappa shape index (κ2) is 7.55. The molecule has 146 valence electrons. The first-order valence-corrected chi connectivity index (χ1v) is 9.15. The van der Waals surface area contributed by atoms with Gasteiger partial charge in [-0.2, -0.15) is 5.10 Å². The van der Waals surface area contributed by atoms with E-state index >= 15 is 0 Å². The number of aromatic nitrogens is 2. The third-order valence-corrected chi connectivity index (χ3v) is 4.29. The van der Waals surface area contributed by atoms with E-state index in [-0.39, 0.29) is 22.8 Å². The number of hydrogen-bond acceptors (Lipinski definition) is 3. The molecular weight excluding hydrogens is 340 g/mol. The van der Waals surface area contributed by atoms with Crippen LogP contribution in [0, 0.1) is 0 Å². The lowest BCUT2D eigenvalue weighted by Gasteiger charge is -2.19. The zero-order valence-electron chi connectivity index (χ0n) is 17.3. The molecule has 1 aromatic heterocycles. The maximum atomic E-state index is 12.4. The van der Waals surface area contributed by atoms with Crippen molar-refractivity contribution in [2.45, 2.75) is 65.5 Å². The molecule has 0 aliphatic heterocycles. The maximum absolute atomic E-state index is 12.4. The summed E-state index contributed by atoms with van der Waals surface area (Å²) in [4.78, 5) is 24.8. The maximum Gasteiger partial charge on any atom is 0.251 e. The zero-order chi connectivity index (χ0) is 20.4. The van der Waals surface area contributed by atoms with E-state index in [4.69, 9.17) is 0 Å². The van der Waals surface area contributed by atoms with Gasteiger partial charge in [0.25, 0.3) is 5.91 Å². The third-order valence-electron chi connectivity index (χ3n) is 4.29. The predicted octanol–water partition coefficient (Wildman–Crippen LogP) is 3.69. The van der Waals surface area contributed by atoms with E-state index < -0.39 is 6.04 Å². The molecule has 0 unspecified atom stereocenters. The number of nitrogens with zero attached hydrogens (tertiary/aromatic N) is 2. The monoisotopic (exact) mass is 370 g/mol. The highest BCUT2D eigenvalue weighted by Gasteiger charge is 2.20. The summed E-state index contributed by atoms with van der Waals surface area (Å²) in [6.07, 6.45) is 3.38. The number of anilines is 1. The van der Waals surface area contributed by atoms with Crippen molar-refractivity contribution in [1.29, 1.82) is 0 Å². The summed E-state index contributed by atoms with van der Waals surface area (Å²) in [6, 6.07) is 6.79. The zero-order valence-corrected chi connectivity index (χ0v) is 17.3. The fraction of sp³-hybridized carbons (Fsp3) is 0.476. The Hall–Kier alpha value is -2.63. The minimum Gasteiger partial charge on any atom is -0.341 e. The molecule has 27 heavy (non-hydrogen) atoms. The molecule has 0 aliphatic rings. The van der Waals surface area contributed by atoms with Gasteiger partial charge in [-0.15, -0.1) is 0 Å². The van der Waals surface area contributed by atoms with E-state index in [0.717, 1.165) is 5.56 Å². The molecule has 6 nitrogen and oxygen atoms in total. The number of benzene rings is 1. The van der Waals surface area contributed by atoms with E-state index in [0.29, 0.717) is 11.3 Å². The van der Waals surface area contributed by atoms with Crippen molar-refractivity contribution >= 4 is 17.5 Å². The van der Waals surface area contributed by atoms with E-state index in [1.54, 1.807) is 36.1 Å². The molecule has 0 saturated heterocycles. The molecule has 1 heterocycles. The third kappa shape index (κ3) is 5.42. The van der Waals surface area contributed by atoms with Crippen molar-refractivity contribution in [2.24, 2.45) is 0 Å². The van der Waals surface area contributed by atoms with Gasteiger partial charge in [-0.3, -0.25) is 14.3 Å². The smallest absolute Gasteiger partial charge is 0.251 e. The van der Waals surface area contributed by atoms with Crippen LogP contribution in [0.1, 0.15) is 64.4 Å². The first kappa shape index (κ1) is 20.7. The van der Waals surface area contributed by atoms with Crippen LogP contribution in [0.2, 0.25) is 0 Å². The van der Waals surface area contributed by atoms with Crippen molar-refractivity contribution in [3.8, 4) is 0 Å². The summed E-state index contributed by atoms with van der Waals surface area (Å²) in [5, 5.41) is 9.77. The minimum atomic E-state index is -0.669. The molecule has 2 aromatic rings. The molecule has 6 heteroatoms. The summed E-state index contributed by atoms with van der Waals surface area (Å²) in [7, 11) is 0. The van der Waals surface area contributed by atoms with Crippen molar-refractivity contribution in [2.75, 3.05) is 5.32 Å². The number of hydrogen-bond donors (Lipinski definition) is 2. The largest absolute Gasteiger partial charge is 0.341 e. The van der Waals surface area contributed by atoms with Crippen LogP contribution in [-0.2, 0) is 15.7 Å². The highest BCUT2D eigenvalue weighted by molar-refractivity contribution is 6.00. The highest BCUT2D eigenvalue weighted by Crippen LogP contribution is 2.22. The molecule has 0 radical (unpaired) electrons. The topological polar surface area (TPSA) is 76.0 Å². The summed E-state index contributed by atoms with van der Waals surface area (Å²) in [6.45, 7) is 14.1. The van der Waals surface area contributed by atoms with E-state index in [2.05, 4.69) is 36.5 Å². The highest BCUT2D eigenvalue weighted by atomic mass is 16.2. The molecule has 0 aliphatic carbocycles. The summed E-state index contributed by atoms with van der Waals surface area (Å²) < 4.78 is 1.78. The van der Waals surface area contributed by atoms with Crippen molar-refractivity contribution in [1.82, 2.24) is 15.1 Å². The van der Waals surface area contributed by atoms with E-state index in [9.17, 15) is 9.59 Å². The van der Waals surface area contributed by atoms with Gasteiger partial charge in [0.1, 0.15) is 6.04 Å². The van der Waals surface area contributed by atoms with E-state index in [1.165, 1.54) is 0 Å². The van der Waals surface area contributed by atoms with Gasteiger partial charge in [-0.05, 0) is 50.8 Å².